The molecule has 0 radical (unpaired) electrons. The van der Waals surface area contributed by atoms with E-state index in [2.05, 4.69) is 10.4 Å². The first-order valence-electron chi connectivity index (χ1n) is 13.0. The first kappa shape index (κ1) is 29.3. The van der Waals surface area contributed by atoms with Gasteiger partial charge >= 0.3 is 5.97 Å². The van der Waals surface area contributed by atoms with Gasteiger partial charge in [-0.15, -0.1) is 0 Å². The van der Waals surface area contributed by atoms with Gasteiger partial charge in [0.1, 0.15) is 10.6 Å². The lowest BCUT2D eigenvalue weighted by atomic mass is 10.2. The average molecular weight is 610 g/mol. The summed E-state index contributed by atoms with van der Waals surface area (Å²) in [6, 6.07) is 19.4. The number of nitrogens with zero attached hydrogens (tertiary/aromatic N) is 4. The zero-order valence-corrected chi connectivity index (χ0v) is 24.4. The maximum absolute atomic E-state index is 14.0. The monoisotopic (exact) mass is 609 g/mol. The molecule has 1 aliphatic rings. The van der Waals surface area contributed by atoms with E-state index in [0.717, 1.165) is 0 Å². The Balaban J connectivity index is 1.59. The maximum atomic E-state index is 14.0. The highest BCUT2D eigenvalue weighted by Gasteiger charge is 2.32. The molecule has 1 amide bonds. The van der Waals surface area contributed by atoms with E-state index in [0.29, 0.717) is 29.4 Å². The standard InChI is InChI=1S/C29H28ClN5O6S/c1-19-26(29(37)38)32-35(23-9-4-3-5-10-23)28(19)41-24-12-11-22(31-27(36)20-7-6-8-21(30)17-20)18-25(24)42(39,40)34-15-13-33(2)14-16-34/h3-12,17-18H,13-16H2,1-2H3,(H,31,36)(H,37,38). The van der Waals surface area contributed by atoms with Gasteiger partial charge in [-0.2, -0.15) is 14.1 Å². The molecule has 13 heteroatoms. The van der Waals surface area contributed by atoms with Gasteiger partial charge in [-0.05, 0) is 62.5 Å². The summed E-state index contributed by atoms with van der Waals surface area (Å²) in [4.78, 5) is 26.7. The van der Waals surface area contributed by atoms with Gasteiger partial charge in [0.2, 0.25) is 15.9 Å². The number of carboxylic acids is 1. The lowest BCUT2D eigenvalue weighted by Gasteiger charge is -2.32. The zero-order chi connectivity index (χ0) is 30.0. The largest absolute Gasteiger partial charge is 0.476 e. The molecule has 1 fully saturated rings. The van der Waals surface area contributed by atoms with Crippen molar-refractivity contribution in [2.75, 3.05) is 38.5 Å². The number of para-hydroxylation sites is 1. The van der Waals surface area contributed by atoms with Gasteiger partial charge in [-0.1, -0.05) is 35.9 Å². The average Bonchev–Trinajstić information content (AvgIpc) is 3.30. The molecule has 5 rings (SSSR count). The third-order valence-corrected chi connectivity index (χ3v) is 9.00. The molecule has 2 N–H and O–H groups in total. The zero-order valence-electron chi connectivity index (χ0n) is 22.8. The third kappa shape index (κ3) is 6.02. The fourth-order valence-corrected chi connectivity index (χ4v) is 6.28. The highest BCUT2D eigenvalue weighted by molar-refractivity contribution is 7.89. The van der Waals surface area contributed by atoms with Crippen molar-refractivity contribution in [3.8, 4) is 17.3 Å². The van der Waals surface area contributed by atoms with E-state index in [-0.39, 0.29) is 46.6 Å². The maximum Gasteiger partial charge on any atom is 0.356 e. The molecule has 218 valence electrons. The molecular formula is C29H28ClN5O6S. The number of rotatable bonds is 8. The fourth-order valence-electron chi connectivity index (χ4n) is 4.52. The van der Waals surface area contributed by atoms with E-state index in [1.165, 1.54) is 33.3 Å². The van der Waals surface area contributed by atoms with E-state index in [4.69, 9.17) is 16.3 Å². The van der Waals surface area contributed by atoms with Crippen molar-refractivity contribution in [1.82, 2.24) is 19.0 Å². The molecule has 1 saturated heterocycles. The van der Waals surface area contributed by atoms with Crippen LogP contribution in [0.5, 0.6) is 11.6 Å². The van der Waals surface area contributed by atoms with Crippen LogP contribution < -0.4 is 10.1 Å². The normalized spacial score (nSPS) is 14.5. The van der Waals surface area contributed by atoms with Crippen molar-refractivity contribution in [2.45, 2.75) is 11.8 Å². The molecule has 4 aromatic rings. The van der Waals surface area contributed by atoms with E-state index >= 15 is 0 Å². The predicted octanol–water partition coefficient (Wildman–Crippen LogP) is 4.51. The van der Waals surface area contributed by atoms with Crippen LogP contribution in [0.15, 0.2) is 77.7 Å². The minimum Gasteiger partial charge on any atom is -0.476 e. The number of carbonyl (C=O) groups is 2. The molecule has 0 spiro atoms. The van der Waals surface area contributed by atoms with Crippen LogP contribution in [0.2, 0.25) is 5.02 Å². The molecule has 11 nitrogen and oxygen atoms in total. The van der Waals surface area contributed by atoms with E-state index < -0.39 is 21.9 Å². The Hall–Kier alpha value is -4.23. The number of carboxylic acid groups (broad SMARTS) is 1. The summed E-state index contributed by atoms with van der Waals surface area (Å²) in [5, 5.41) is 17.1. The van der Waals surface area contributed by atoms with Gasteiger partial charge < -0.3 is 20.1 Å². The number of amides is 1. The first-order valence-corrected chi connectivity index (χ1v) is 14.8. The number of aromatic nitrogens is 2. The Kier molecular flexibility index (Phi) is 8.32. The van der Waals surface area contributed by atoms with Crippen LogP contribution in [0.3, 0.4) is 0 Å². The molecule has 0 atom stereocenters. The summed E-state index contributed by atoms with van der Waals surface area (Å²) >= 11 is 6.03. The number of ether oxygens (including phenoxy) is 1. The minimum atomic E-state index is -4.10. The minimum absolute atomic E-state index is 0.0455. The second-order valence-corrected chi connectivity index (χ2v) is 12.1. The molecule has 2 heterocycles. The summed E-state index contributed by atoms with van der Waals surface area (Å²) in [6.07, 6.45) is 0. The summed E-state index contributed by atoms with van der Waals surface area (Å²) in [5.74, 6) is -1.73. The molecular weight excluding hydrogens is 582 g/mol. The second kappa shape index (κ2) is 11.9. The third-order valence-electron chi connectivity index (χ3n) is 6.85. The van der Waals surface area contributed by atoms with E-state index in [9.17, 15) is 23.1 Å². The van der Waals surface area contributed by atoms with E-state index in [1.807, 2.05) is 11.9 Å². The molecule has 0 bridgehead atoms. The van der Waals surface area contributed by atoms with Crippen LogP contribution >= 0.6 is 11.6 Å². The Bertz CT molecular complexity index is 1750. The summed E-state index contributed by atoms with van der Waals surface area (Å²) in [7, 11) is -2.19. The van der Waals surface area contributed by atoms with Gasteiger partial charge in [0.05, 0.1) is 5.69 Å². The van der Waals surface area contributed by atoms with Crippen LogP contribution in [0.25, 0.3) is 5.69 Å². The molecule has 3 aromatic carbocycles. The molecule has 0 unspecified atom stereocenters. The van der Waals surface area contributed by atoms with Crippen molar-refractivity contribution in [1.29, 1.82) is 0 Å². The van der Waals surface area contributed by atoms with E-state index in [1.54, 1.807) is 55.5 Å². The predicted molar refractivity (Wildman–Crippen MR) is 157 cm³/mol. The van der Waals surface area contributed by atoms with Gasteiger partial charge in [-0.25, -0.2) is 13.2 Å². The molecule has 1 aromatic heterocycles. The molecule has 42 heavy (non-hydrogen) atoms. The lowest BCUT2D eigenvalue weighted by Crippen LogP contribution is -2.47. The summed E-state index contributed by atoms with van der Waals surface area (Å²) < 4.78 is 36.9. The Morgan fingerprint density at radius 3 is 2.36 bits per heavy atom. The number of aromatic carboxylic acids is 1. The van der Waals surface area contributed by atoms with Crippen LogP contribution in [-0.4, -0.2) is 77.6 Å². The van der Waals surface area contributed by atoms with Crippen LogP contribution in [0.1, 0.15) is 26.4 Å². The number of hydrogen-bond acceptors (Lipinski definition) is 7. The van der Waals surface area contributed by atoms with Crippen molar-refractivity contribution in [3.63, 3.8) is 0 Å². The Morgan fingerprint density at radius 2 is 1.69 bits per heavy atom. The number of benzene rings is 3. The van der Waals surface area contributed by atoms with Crippen molar-refractivity contribution >= 4 is 39.2 Å². The molecule has 1 aliphatic heterocycles. The summed E-state index contributed by atoms with van der Waals surface area (Å²) in [6.45, 7) is 3.16. The Morgan fingerprint density at radius 1 is 0.976 bits per heavy atom. The smallest absolute Gasteiger partial charge is 0.356 e. The van der Waals surface area contributed by atoms with Crippen LogP contribution in [-0.2, 0) is 10.0 Å². The lowest BCUT2D eigenvalue weighted by molar-refractivity contribution is 0.0689. The quantitative estimate of drug-likeness (QED) is 0.298. The molecule has 0 saturated carbocycles. The summed E-state index contributed by atoms with van der Waals surface area (Å²) in [5.41, 5.74) is 1.03. The number of anilines is 1. The number of nitrogens with one attached hydrogen (secondary N) is 1. The SMILES string of the molecule is Cc1c(C(=O)O)nn(-c2ccccc2)c1Oc1ccc(NC(=O)c2cccc(Cl)c2)cc1S(=O)(=O)N1CCN(C)CC1. The van der Waals surface area contributed by atoms with Crippen molar-refractivity contribution in [3.05, 3.63) is 94.6 Å². The highest BCUT2D eigenvalue weighted by Crippen LogP contribution is 2.37. The number of likely N-dealkylation sites (N-methyl/N-ethyl adjacent to an activating group) is 1. The number of halogens is 1. The van der Waals surface area contributed by atoms with Gasteiger partial charge in [0.25, 0.3) is 5.91 Å². The number of hydrogen-bond donors (Lipinski definition) is 2. The number of carbonyl (C=O) groups excluding carboxylic acids is 1. The van der Waals surface area contributed by atoms with Crippen LogP contribution in [0.4, 0.5) is 5.69 Å². The first-order chi connectivity index (χ1) is 20.0. The number of sulfonamides is 1. The van der Waals surface area contributed by atoms with Crippen molar-refractivity contribution < 1.29 is 27.9 Å². The second-order valence-electron chi connectivity index (χ2n) is 9.77. The van der Waals surface area contributed by atoms with Crippen LogP contribution in [0, 0.1) is 6.92 Å². The highest BCUT2D eigenvalue weighted by atomic mass is 35.5. The van der Waals surface area contributed by atoms with Gasteiger partial charge in [0, 0.05) is 48.0 Å². The molecule has 0 aliphatic carbocycles. The number of piperazine rings is 1. The van der Waals surface area contributed by atoms with Crippen molar-refractivity contribution in [2.24, 2.45) is 0 Å². The topological polar surface area (TPSA) is 134 Å². The van der Waals surface area contributed by atoms with Gasteiger partial charge in [-0.3, -0.25) is 4.79 Å². The Labute approximate surface area is 247 Å². The van der Waals surface area contributed by atoms with Gasteiger partial charge in [0.15, 0.2) is 5.69 Å². The fraction of sp³-hybridized carbons (Fsp3) is 0.207.